The third-order valence-electron chi connectivity index (χ3n) is 3.12. The fraction of sp³-hybridized carbons (Fsp3) is 0.600. The van der Waals surface area contributed by atoms with Crippen LogP contribution in [-0.4, -0.2) is 20.3 Å². The van der Waals surface area contributed by atoms with Crippen LogP contribution >= 0.6 is 15.9 Å². The molecule has 0 amide bonds. The minimum Gasteiger partial charge on any atom is -0.211 e. The molecule has 0 aromatic heterocycles. The van der Waals surface area contributed by atoms with E-state index in [2.05, 4.69) is 27.6 Å². The van der Waals surface area contributed by atoms with Crippen LogP contribution in [0.4, 0.5) is 0 Å². The van der Waals surface area contributed by atoms with Gasteiger partial charge in [-0.15, -0.1) is 0 Å². The van der Waals surface area contributed by atoms with Crippen LogP contribution in [0.25, 0.3) is 0 Å². The molecule has 3 nitrogen and oxygen atoms in total. The summed E-state index contributed by atoms with van der Waals surface area (Å²) in [5, 5.41) is 1.02. The van der Waals surface area contributed by atoms with Crippen molar-refractivity contribution in [1.82, 2.24) is 4.72 Å². The zero-order valence-electron chi connectivity index (χ0n) is 12.1. The molecule has 0 aliphatic rings. The maximum atomic E-state index is 12.1. The third-order valence-corrected chi connectivity index (χ3v) is 5.16. The maximum Gasteiger partial charge on any atom is 0.240 e. The summed E-state index contributed by atoms with van der Waals surface area (Å²) in [4.78, 5) is 0.359. The van der Waals surface area contributed by atoms with Gasteiger partial charge in [0.05, 0.1) is 4.90 Å². The molecule has 0 spiro atoms. The van der Waals surface area contributed by atoms with Gasteiger partial charge in [-0.1, -0.05) is 54.2 Å². The molecular weight excluding hydrogens is 338 g/mol. The molecule has 0 fully saturated rings. The molecule has 0 saturated carbocycles. The smallest absolute Gasteiger partial charge is 0.211 e. The van der Waals surface area contributed by atoms with E-state index in [4.69, 9.17) is 0 Å². The van der Waals surface area contributed by atoms with Crippen molar-refractivity contribution in [2.24, 2.45) is 0 Å². The van der Waals surface area contributed by atoms with Gasteiger partial charge >= 0.3 is 0 Å². The Morgan fingerprint density at radius 2 is 1.70 bits per heavy atom. The van der Waals surface area contributed by atoms with Gasteiger partial charge in [-0.25, -0.2) is 13.1 Å². The van der Waals surface area contributed by atoms with Crippen molar-refractivity contribution in [2.75, 3.05) is 11.9 Å². The van der Waals surface area contributed by atoms with Gasteiger partial charge in [-0.05, 0) is 37.0 Å². The van der Waals surface area contributed by atoms with E-state index in [0.29, 0.717) is 11.4 Å². The summed E-state index contributed by atoms with van der Waals surface area (Å²) in [6.45, 7) is 2.63. The van der Waals surface area contributed by atoms with E-state index in [1.54, 1.807) is 12.1 Å². The maximum absolute atomic E-state index is 12.1. The van der Waals surface area contributed by atoms with Crippen molar-refractivity contribution in [3.63, 3.8) is 0 Å². The molecule has 0 radical (unpaired) electrons. The monoisotopic (exact) mass is 361 g/mol. The van der Waals surface area contributed by atoms with Crippen molar-refractivity contribution in [1.29, 1.82) is 0 Å². The number of halogens is 1. The molecule has 0 bridgehead atoms. The molecule has 114 valence electrons. The molecule has 0 atom stereocenters. The standard InChI is InChI=1S/C15H24BrNO2S/c1-2-7-14-8-10-15(11-9-14)20(18,19)17-13-6-4-3-5-12-16/h8-11,17H,2-7,12-13H2,1H3. The van der Waals surface area contributed by atoms with Crippen LogP contribution in [0.3, 0.4) is 0 Å². The molecule has 5 heteroatoms. The van der Waals surface area contributed by atoms with Gasteiger partial charge in [0.1, 0.15) is 0 Å². The largest absolute Gasteiger partial charge is 0.240 e. The second-order valence-electron chi connectivity index (χ2n) is 4.89. The lowest BCUT2D eigenvalue weighted by atomic mass is 10.1. The van der Waals surface area contributed by atoms with Gasteiger partial charge in [-0.2, -0.15) is 0 Å². The van der Waals surface area contributed by atoms with Crippen molar-refractivity contribution in [3.8, 4) is 0 Å². The number of aryl methyl sites for hydroxylation is 1. The molecule has 1 aromatic carbocycles. The lowest BCUT2D eigenvalue weighted by Gasteiger charge is -2.07. The lowest BCUT2D eigenvalue weighted by molar-refractivity contribution is 0.574. The normalized spacial score (nSPS) is 11.7. The van der Waals surface area contributed by atoms with Gasteiger partial charge in [0, 0.05) is 11.9 Å². The zero-order chi connectivity index (χ0) is 14.8. The quantitative estimate of drug-likeness (QED) is 0.507. The molecule has 20 heavy (non-hydrogen) atoms. The van der Waals surface area contributed by atoms with E-state index in [9.17, 15) is 8.42 Å². The first-order valence-corrected chi connectivity index (χ1v) is 9.85. The van der Waals surface area contributed by atoms with Gasteiger partial charge in [0.15, 0.2) is 0 Å². The summed E-state index contributed by atoms with van der Waals surface area (Å²) in [6.07, 6.45) is 6.29. The topological polar surface area (TPSA) is 46.2 Å². The number of hydrogen-bond donors (Lipinski definition) is 1. The fourth-order valence-electron chi connectivity index (χ4n) is 1.99. The Morgan fingerprint density at radius 1 is 1.05 bits per heavy atom. The highest BCUT2D eigenvalue weighted by Crippen LogP contribution is 2.12. The highest BCUT2D eigenvalue weighted by molar-refractivity contribution is 9.09. The molecule has 0 heterocycles. The zero-order valence-corrected chi connectivity index (χ0v) is 14.5. The first-order valence-electron chi connectivity index (χ1n) is 7.24. The van der Waals surface area contributed by atoms with Crippen molar-refractivity contribution < 1.29 is 8.42 Å². The van der Waals surface area contributed by atoms with E-state index in [1.807, 2.05) is 12.1 Å². The van der Waals surface area contributed by atoms with Crippen LogP contribution < -0.4 is 4.72 Å². The van der Waals surface area contributed by atoms with E-state index < -0.39 is 10.0 Å². The van der Waals surface area contributed by atoms with E-state index in [-0.39, 0.29) is 0 Å². The molecule has 0 unspecified atom stereocenters. The molecule has 0 aliphatic heterocycles. The second kappa shape index (κ2) is 9.53. The van der Waals surface area contributed by atoms with Crippen LogP contribution in [-0.2, 0) is 16.4 Å². The van der Waals surface area contributed by atoms with Crippen LogP contribution in [0.2, 0.25) is 0 Å². The van der Waals surface area contributed by atoms with Gasteiger partial charge in [-0.3, -0.25) is 0 Å². The number of unbranched alkanes of at least 4 members (excludes halogenated alkanes) is 3. The average Bonchev–Trinajstić information content (AvgIpc) is 2.44. The Bertz CT molecular complexity index is 471. The summed E-state index contributed by atoms with van der Waals surface area (Å²) in [5.41, 5.74) is 1.18. The Balaban J connectivity index is 2.43. The van der Waals surface area contributed by atoms with Gasteiger partial charge < -0.3 is 0 Å². The number of alkyl halides is 1. The highest BCUT2D eigenvalue weighted by Gasteiger charge is 2.12. The number of rotatable bonds is 10. The van der Waals surface area contributed by atoms with Crippen LogP contribution in [0.1, 0.15) is 44.6 Å². The molecule has 1 aromatic rings. The van der Waals surface area contributed by atoms with Gasteiger partial charge in [0.2, 0.25) is 10.0 Å². The Kier molecular flexibility index (Phi) is 8.41. The van der Waals surface area contributed by atoms with Crippen LogP contribution in [0, 0.1) is 0 Å². The van der Waals surface area contributed by atoms with Gasteiger partial charge in [0.25, 0.3) is 0 Å². The second-order valence-corrected chi connectivity index (χ2v) is 7.45. The molecule has 0 aliphatic carbocycles. The SMILES string of the molecule is CCCc1ccc(S(=O)(=O)NCCCCCCBr)cc1. The number of sulfonamides is 1. The minimum absolute atomic E-state index is 0.359. The summed E-state index contributed by atoms with van der Waals surface area (Å²) in [5.74, 6) is 0. The molecule has 1 N–H and O–H groups in total. The summed E-state index contributed by atoms with van der Waals surface area (Å²) >= 11 is 3.39. The molecule has 1 rings (SSSR count). The summed E-state index contributed by atoms with van der Waals surface area (Å²) in [7, 11) is -3.34. The summed E-state index contributed by atoms with van der Waals surface area (Å²) in [6, 6.07) is 7.18. The fourth-order valence-corrected chi connectivity index (χ4v) is 3.46. The molecule has 0 saturated heterocycles. The minimum atomic E-state index is -3.34. The molecular formula is C15H24BrNO2S. The number of hydrogen-bond acceptors (Lipinski definition) is 2. The first kappa shape index (κ1) is 17.7. The Hall–Kier alpha value is -0.390. The predicted octanol–water partition coefficient (Wildman–Crippen LogP) is 3.87. The predicted molar refractivity (Wildman–Crippen MR) is 87.9 cm³/mol. The number of benzene rings is 1. The summed E-state index contributed by atoms with van der Waals surface area (Å²) < 4.78 is 26.8. The average molecular weight is 362 g/mol. The Morgan fingerprint density at radius 3 is 2.30 bits per heavy atom. The van der Waals surface area contributed by atoms with Crippen molar-refractivity contribution in [2.45, 2.75) is 50.3 Å². The first-order chi connectivity index (χ1) is 9.60. The van der Waals surface area contributed by atoms with Crippen molar-refractivity contribution >= 4 is 26.0 Å². The number of nitrogens with one attached hydrogen (secondary N) is 1. The van der Waals surface area contributed by atoms with E-state index in [1.165, 1.54) is 5.56 Å². The lowest BCUT2D eigenvalue weighted by Crippen LogP contribution is -2.24. The highest BCUT2D eigenvalue weighted by atomic mass is 79.9. The van der Waals surface area contributed by atoms with Crippen LogP contribution in [0.5, 0.6) is 0 Å². The van der Waals surface area contributed by atoms with E-state index >= 15 is 0 Å². The Labute approximate surface area is 131 Å². The van der Waals surface area contributed by atoms with E-state index in [0.717, 1.165) is 43.9 Å². The van der Waals surface area contributed by atoms with Crippen molar-refractivity contribution in [3.05, 3.63) is 29.8 Å². The van der Waals surface area contributed by atoms with Crippen LogP contribution in [0.15, 0.2) is 29.2 Å². The third kappa shape index (κ3) is 6.37.